The van der Waals surface area contributed by atoms with Crippen molar-refractivity contribution in [2.45, 2.75) is 50.6 Å². The van der Waals surface area contributed by atoms with E-state index < -0.39 is 23.7 Å². The van der Waals surface area contributed by atoms with Gasteiger partial charge in [-0.15, -0.1) is 0 Å². The molecule has 3 aromatic carbocycles. The van der Waals surface area contributed by atoms with Crippen LogP contribution in [0.3, 0.4) is 0 Å². The lowest BCUT2D eigenvalue weighted by Gasteiger charge is -2.32. The van der Waals surface area contributed by atoms with Crippen LogP contribution in [0.25, 0.3) is 0 Å². The number of aliphatic imine (C=N–C) groups is 1. The highest BCUT2D eigenvalue weighted by Crippen LogP contribution is 2.42. The highest BCUT2D eigenvalue weighted by molar-refractivity contribution is 6.31. The molecule has 1 fully saturated rings. The Morgan fingerprint density at radius 1 is 1.16 bits per heavy atom. The number of hydrogen-bond acceptors (Lipinski definition) is 6. The van der Waals surface area contributed by atoms with E-state index >= 15 is 4.39 Å². The molecule has 0 aromatic heterocycles. The fourth-order valence-corrected chi connectivity index (χ4v) is 6.23. The minimum Gasteiger partial charge on any atom is -0.465 e. The van der Waals surface area contributed by atoms with Gasteiger partial charge in [0.2, 0.25) is 5.91 Å². The van der Waals surface area contributed by atoms with E-state index in [4.69, 9.17) is 27.9 Å². The SMILES string of the molecule is C=Nc1cc(C(=O)OC)ccc1N(C)CC[C@H]1CC(c2cccc(Cl)c2F)C(C(=O)Nc2cccc(Cl)c2)N1CCCC. The van der Waals surface area contributed by atoms with Gasteiger partial charge in [0.15, 0.2) is 0 Å². The number of halogens is 3. The van der Waals surface area contributed by atoms with Gasteiger partial charge < -0.3 is 15.0 Å². The van der Waals surface area contributed by atoms with Crippen molar-refractivity contribution >= 4 is 58.9 Å². The molecule has 1 saturated heterocycles. The largest absolute Gasteiger partial charge is 0.465 e. The second-order valence-electron chi connectivity index (χ2n) is 10.7. The van der Waals surface area contributed by atoms with Gasteiger partial charge in [-0.25, -0.2) is 9.18 Å². The monoisotopic (exact) mass is 626 g/mol. The van der Waals surface area contributed by atoms with Crippen LogP contribution in [-0.4, -0.2) is 62.8 Å². The third-order valence-electron chi connectivity index (χ3n) is 8.02. The molecule has 0 saturated carbocycles. The Morgan fingerprint density at radius 3 is 2.63 bits per heavy atom. The van der Waals surface area contributed by atoms with E-state index in [1.54, 1.807) is 48.5 Å². The summed E-state index contributed by atoms with van der Waals surface area (Å²) in [5, 5.41) is 3.57. The predicted octanol–water partition coefficient (Wildman–Crippen LogP) is 7.74. The number of ether oxygens (including phenoxy) is 1. The smallest absolute Gasteiger partial charge is 0.337 e. The van der Waals surface area contributed by atoms with Crippen LogP contribution in [0.4, 0.5) is 21.5 Å². The summed E-state index contributed by atoms with van der Waals surface area (Å²) in [5.41, 5.74) is 2.79. The zero-order valence-electron chi connectivity index (χ0n) is 24.7. The molecule has 0 bridgehead atoms. The molecule has 1 aliphatic heterocycles. The minimum atomic E-state index is -0.612. The highest BCUT2D eigenvalue weighted by Gasteiger charge is 2.46. The van der Waals surface area contributed by atoms with E-state index in [0.717, 1.165) is 18.5 Å². The third kappa shape index (κ3) is 7.55. The Balaban J connectivity index is 1.63. The molecule has 0 aliphatic carbocycles. The number of nitrogens with one attached hydrogen (secondary N) is 1. The van der Waals surface area contributed by atoms with Gasteiger partial charge in [0.1, 0.15) is 5.82 Å². The van der Waals surface area contributed by atoms with E-state index in [9.17, 15) is 9.59 Å². The number of likely N-dealkylation sites (tertiary alicyclic amines) is 1. The van der Waals surface area contributed by atoms with Crippen LogP contribution in [0, 0.1) is 5.82 Å². The maximum atomic E-state index is 15.5. The number of methoxy groups -OCH3 is 1. The van der Waals surface area contributed by atoms with Crippen molar-refractivity contribution in [3.8, 4) is 0 Å². The van der Waals surface area contributed by atoms with Gasteiger partial charge in [-0.1, -0.05) is 54.7 Å². The summed E-state index contributed by atoms with van der Waals surface area (Å²) in [6, 6.07) is 16.5. The average Bonchev–Trinajstić information content (AvgIpc) is 3.37. The van der Waals surface area contributed by atoms with Crippen LogP contribution < -0.4 is 10.2 Å². The number of hydrogen-bond donors (Lipinski definition) is 1. The van der Waals surface area contributed by atoms with Crippen LogP contribution in [0.5, 0.6) is 0 Å². The quantitative estimate of drug-likeness (QED) is 0.164. The molecule has 3 atom stereocenters. The summed E-state index contributed by atoms with van der Waals surface area (Å²) < 4.78 is 20.3. The molecule has 0 radical (unpaired) electrons. The second kappa shape index (κ2) is 14.8. The molecule has 7 nitrogen and oxygen atoms in total. The van der Waals surface area contributed by atoms with Crippen molar-refractivity contribution in [2.24, 2.45) is 4.99 Å². The number of rotatable bonds is 12. The zero-order valence-corrected chi connectivity index (χ0v) is 26.2. The second-order valence-corrected chi connectivity index (χ2v) is 11.6. The summed E-state index contributed by atoms with van der Waals surface area (Å²) in [6.07, 6.45) is 3.12. The van der Waals surface area contributed by atoms with Crippen LogP contribution in [0.2, 0.25) is 10.0 Å². The first-order chi connectivity index (χ1) is 20.7. The lowest BCUT2D eigenvalue weighted by molar-refractivity contribution is -0.121. The van der Waals surface area contributed by atoms with Gasteiger partial charge in [-0.3, -0.25) is 14.7 Å². The Hall–Kier alpha value is -3.46. The molecule has 1 N–H and O–H groups in total. The molecule has 0 spiro atoms. The Labute approximate surface area is 262 Å². The summed E-state index contributed by atoms with van der Waals surface area (Å²) in [5.74, 6) is -1.56. The van der Waals surface area contributed by atoms with Gasteiger partial charge in [0.05, 0.1) is 35.1 Å². The number of esters is 1. The van der Waals surface area contributed by atoms with E-state index in [1.165, 1.54) is 13.2 Å². The number of carbonyl (C=O) groups excluding carboxylic acids is 2. The Kier molecular flexibility index (Phi) is 11.2. The van der Waals surface area contributed by atoms with Crippen molar-refractivity contribution in [2.75, 3.05) is 37.5 Å². The van der Waals surface area contributed by atoms with Gasteiger partial charge in [-0.2, -0.15) is 0 Å². The molecule has 1 amide bonds. The van der Waals surface area contributed by atoms with Crippen LogP contribution >= 0.6 is 23.2 Å². The lowest BCUT2D eigenvalue weighted by Crippen LogP contribution is -2.46. The third-order valence-corrected chi connectivity index (χ3v) is 8.55. The van der Waals surface area contributed by atoms with Gasteiger partial charge in [0.25, 0.3) is 0 Å². The van der Waals surface area contributed by atoms with Crippen molar-refractivity contribution in [1.29, 1.82) is 0 Å². The normalized spacial score (nSPS) is 18.3. The van der Waals surface area contributed by atoms with Crippen LogP contribution in [0.1, 0.15) is 54.4 Å². The molecule has 43 heavy (non-hydrogen) atoms. The minimum absolute atomic E-state index is 0.0121. The molecular formula is C33H37Cl2FN4O3. The first-order valence-corrected chi connectivity index (χ1v) is 15.1. The molecule has 10 heteroatoms. The van der Waals surface area contributed by atoms with Crippen molar-refractivity contribution in [1.82, 2.24) is 4.90 Å². The standard InChI is InChI=1S/C33H37Cl2FN4O3/c1-5-6-16-40-24(15-17-39(3)29-14-13-21(33(42)43-4)18-28(29)37-2)20-26(25-11-8-12-27(35)30(25)36)31(40)32(41)38-23-10-7-9-22(34)19-23/h7-14,18-19,24,26,31H,2,5-6,15-17,20H2,1,3-4H3,(H,38,41)/t24-,26?,31?/m0/s1. The van der Waals surface area contributed by atoms with Crippen molar-refractivity contribution < 1.29 is 18.7 Å². The summed E-state index contributed by atoms with van der Waals surface area (Å²) in [7, 11) is 3.28. The van der Waals surface area contributed by atoms with Crippen LogP contribution in [-0.2, 0) is 9.53 Å². The number of benzene rings is 3. The first kappa shape index (κ1) is 32.5. The average molecular weight is 628 g/mol. The van der Waals surface area contributed by atoms with Crippen LogP contribution in [0.15, 0.2) is 65.7 Å². The molecular weight excluding hydrogens is 590 g/mol. The lowest BCUT2D eigenvalue weighted by atomic mass is 9.89. The van der Waals surface area contributed by atoms with Crippen molar-refractivity contribution in [3.63, 3.8) is 0 Å². The van der Waals surface area contributed by atoms with E-state index in [-0.39, 0.29) is 17.0 Å². The number of anilines is 2. The van der Waals surface area contributed by atoms with E-state index in [2.05, 4.69) is 33.8 Å². The highest BCUT2D eigenvalue weighted by atomic mass is 35.5. The molecule has 4 rings (SSSR count). The van der Waals surface area contributed by atoms with E-state index in [0.29, 0.717) is 53.5 Å². The predicted molar refractivity (Wildman–Crippen MR) is 173 cm³/mol. The summed E-state index contributed by atoms with van der Waals surface area (Å²) in [4.78, 5) is 34.4. The molecule has 2 unspecified atom stereocenters. The summed E-state index contributed by atoms with van der Waals surface area (Å²) >= 11 is 12.4. The molecule has 1 heterocycles. The molecule has 3 aromatic rings. The molecule has 1 aliphatic rings. The topological polar surface area (TPSA) is 74.2 Å². The van der Waals surface area contributed by atoms with Gasteiger partial charge >= 0.3 is 5.97 Å². The maximum Gasteiger partial charge on any atom is 0.337 e. The number of carbonyl (C=O) groups is 2. The van der Waals surface area contributed by atoms with Gasteiger partial charge in [-0.05, 0) is 80.6 Å². The maximum absolute atomic E-state index is 15.5. The van der Waals surface area contributed by atoms with E-state index in [1.807, 2.05) is 13.1 Å². The fourth-order valence-electron chi connectivity index (χ4n) is 5.86. The number of nitrogens with zero attached hydrogens (tertiary/aromatic N) is 3. The first-order valence-electron chi connectivity index (χ1n) is 14.3. The zero-order chi connectivity index (χ0) is 31.1. The number of unbranched alkanes of at least 4 members (excludes halogenated alkanes) is 1. The summed E-state index contributed by atoms with van der Waals surface area (Å²) in [6.45, 7) is 7.09. The fraction of sp³-hybridized carbons (Fsp3) is 0.364. The van der Waals surface area contributed by atoms with Crippen molar-refractivity contribution in [3.05, 3.63) is 87.7 Å². The molecule has 228 valence electrons. The van der Waals surface area contributed by atoms with Gasteiger partial charge in [0, 0.05) is 36.3 Å². The number of amides is 1. The Bertz CT molecular complexity index is 1470. The Morgan fingerprint density at radius 2 is 1.93 bits per heavy atom.